The standard InChI is InChI=1S/C24H27Cl2N3O4S.ClH/c1-16-4-6-20(31-2)22-23(16)34-24(27-22)29(9-3-8-28-10-12-32-13-11-28)21(30)15-33-19-7-5-17(25)14-18(19)26;/h4-7,14H,3,8-13,15H2,1-2H3;1H. The summed E-state index contributed by atoms with van der Waals surface area (Å²) in [6.45, 7) is 6.57. The zero-order valence-electron chi connectivity index (χ0n) is 19.6. The second-order valence-corrected chi connectivity index (χ2v) is 9.80. The minimum Gasteiger partial charge on any atom is -0.494 e. The van der Waals surface area contributed by atoms with Gasteiger partial charge in [-0.2, -0.15) is 0 Å². The van der Waals surface area contributed by atoms with Gasteiger partial charge in [-0.15, -0.1) is 12.4 Å². The molecule has 0 aliphatic carbocycles. The van der Waals surface area contributed by atoms with Crippen LogP contribution >= 0.6 is 46.9 Å². The van der Waals surface area contributed by atoms with Gasteiger partial charge in [-0.05, 0) is 43.2 Å². The second kappa shape index (κ2) is 12.9. The van der Waals surface area contributed by atoms with E-state index in [-0.39, 0.29) is 24.9 Å². The fourth-order valence-electron chi connectivity index (χ4n) is 3.79. The molecule has 0 radical (unpaired) electrons. The van der Waals surface area contributed by atoms with E-state index in [1.54, 1.807) is 30.2 Å². The molecule has 7 nitrogen and oxygen atoms in total. The highest BCUT2D eigenvalue weighted by atomic mass is 35.5. The number of nitrogens with zero attached hydrogens (tertiary/aromatic N) is 3. The van der Waals surface area contributed by atoms with E-state index in [0.717, 1.165) is 55.0 Å². The number of morpholine rings is 1. The van der Waals surface area contributed by atoms with Gasteiger partial charge in [-0.1, -0.05) is 40.6 Å². The first-order chi connectivity index (χ1) is 16.5. The Morgan fingerprint density at radius 2 is 1.94 bits per heavy atom. The Balaban J connectivity index is 0.00000342. The van der Waals surface area contributed by atoms with Gasteiger partial charge in [0.15, 0.2) is 11.7 Å². The van der Waals surface area contributed by atoms with Gasteiger partial charge < -0.3 is 14.2 Å². The minimum absolute atomic E-state index is 0. The number of aryl methyl sites for hydroxylation is 1. The van der Waals surface area contributed by atoms with E-state index in [4.69, 9.17) is 42.4 Å². The molecule has 0 spiro atoms. The predicted molar refractivity (Wildman–Crippen MR) is 144 cm³/mol. The average Bonchev–Trinajstić information content (AvgIpc) is 3.28. The van der Waals surface area contributed by atoms with E-state index in [1.807, 2.05) is 19.1 Å². The summed E-state index contributed by atoms with van der Waals surface area (Å²) < 4.78 is 17.7. The van der Waals surface area contributed by atoms with Crippen LogP contribution in [0.15, 0.2) is 30.3 Å². The molecule has 1 aromatic heterocycles. The molecule has 11 heteroatoms. The van der Waals surface area contributed by atoms with Gasteiger partial charge in [0.2, 0.25) is 0 Å². The SMILES string of the molecule is COc1ccc(C)c2sc(N(CCCN3CCOCC3)C(=O)COc3ccc(Cl)cc3Cl)nc12.Cl. The molecular weight excluding hydrogens is 533 g/mol. The zero-order valence-corrected chi connectivity index (χ0v) is 22.7. The maximum Gasteiger partial charge on any atom is 0.266 e. The van der Waals surface area contributed by atoms with Gasteiger partial charge in [0.25, 0.3) is 5.91 Å². The molecule has 1 fully saturated rings. The molecule has 2 aromatic carbocycles. The second-order valence-electron chi connectivity index (χ2n) is 7.98. The first-order valence-electron chi connectivity index (χ1n) is 11.1. The lowest BCUT2D eigenvalue weighted by Gasteiger charge is -2.27. The molecule has 1 aliphatic heterocycles. The highest BCUT2D eigenvalue weighted by molar-refractivity contribution is 7.22. The summed E-state index contributed by atoms with van der Waals surface area (Å²) in [7, 11) is 1.62. The van der Waals surface area contributed by atoms with E-state index in [1.165, 1.54) is 11.3 Å². The molecule has 1 aliphatic rings. The van der Waals surface area contributed by atoms with Crippen molar-refractivity contribution in [1.82, 2.24) is 9.88 Å². The van der Waals surface area contributed by atoms with Crippen LogP contribution in [0.25, 0.3) is 10.2 Å². The van der Waals surface area contributed by atoms with Gasteiger partial charge in [0, 0.05) is 31.2 Å². The molecule has 0 N–H and O–H groups in total. The number of aromatic nitrogens is 1. The Morgan fingerprint density at radius 1 is 1.20 bits per heavy atom. The Labute approximate surface area is 225 Å². The number of rotatable bonds is 9. The van der Waals surface area contributed by atoms with Crippen LogP contribution in [0.5, 0.6) is 11.5 Å². The summed E-state index contributed by atoms with van der Waals surface area (Å²) in [6.07, 6.45) is 0.805. The summed E-state index contributed by atoms with van der Waals surface area (Å²) in [4.78, 5) is 22.2. The predicted octanol–water partition coefficient (Wildman–Crippen LogP) is 5.48. The Kier molecular flexibility index (Phi) is 10.3. The first-order valence-corrected chi connectivity index (χ1v) is 12.7. The number of methoxy groups -OCH3 is 1. The largest absolute Gasteiger partial charge is 0.494 e. The van der Waals surface area contributed by atoms with Gasteiger partial charge >= 0.3 is 0 Å². The number of carbonyl (C=O) groups is 1. The summed E-state index contributed by atoms with van der Waals surface area (Å²) in [5.41, 5.74) is 1.85. The van der Waals surface area contributed by atoms with Crippen LogP contribution in [0.3, 0.4) is 0 Å². The van der Waals surface area contributed by atoms with Crippen molar-refractivity contribution in [3.05, 3.63) is 45.9 Å². The summed E-state index contributed by atoms with van der Waals surface area (Å²) in [5, 5.41) is 1.49. The van der Waals surface area contributed by atoms with Gasteiger partial charge in [-0.3, -0.25) is 14.6 Å². The van der Waals surface area contributed by atoms with Crippen molar-refractivity contribution in [2.24, 2.45) is 0 Å². The molecule has 3 aromatic rings. The highest BCUT2D eigenvalue weighted by Crippen LogP contribution is 2.36. The number of benzene rings is 2. The third kappa shape index (κ3) is 6.90. The summed E-state index contributed by atoms with van der Waals surface area (Å²) in [5.74, 6) is 0.908. The minimum atomic E-state index is -0.191. The fourth-order valence-corrected chi connectivity index (χ4v) is 5.35. The lowest BCUT2D eigenvalue weighted by molar-refractivity contribution is -0.120. The molecule has 0 saturated carbocycles. The Hall–Kier alpha value is -1.81. The van der Waals surface area contributed by atoms with Crippen LogP contribution in [0, 0.1) is 6.92 Å². The van der Waals surface area contributed by atoms with Crippen LogP contribution in [0.1, 0.15) is 12.0 Å². The number of hydrogen-bond acceptors (Lipinski definition) is 7. The molecule has 0 bridgehead atoms. The van der Waals surface area contributed by atoms with Crippen LogP contribution in [0.2, 0.25) is 10.0 Å². The highest BCUT2D eigenvalue weighted by Gasteiger charge is 2.23. The average molecular weight is 561 g/mol. The Bertz CT molecular complexity index is 1150. The number of ether oxygens (including phenoxy) is 3. The van der Waals surface area contributed by atoms with Crippen LogP contribution < -0.4 is 14.4 Å². The van der Waals surface area contributed by atoms with Gasteiger partial charge in [-0.25, -0.2) is 4.98 Å². The number of hydrogen-bond donors (Lipinski definition) is 0. The van der Waals surface area contributed by atoms with Crippen molar-refractivity contribution in [2.45, 2.75) is 13.3 Å². The summed E-state index contributed by atoms with van der Waals surface area (Å²) in [6, 6.07) is 8.82. The zero-order chi connectivity index (χ0) is 24.1. The van der Waals surface area contributed by atoms with Gasteiger partial charge in [0.05, 0.1) is 30.0 Å². The number of thiazole rings is 1. The normalized spacial score (nSPS) is 13.9. The van der Waals surface area contributed by atoms with Crippen molar-refractivity contribution in [3.8, 4) is 11.5 Å². The lowest BCUT2D eigenvalue weighted by Crippen LogP contribution is -2.40. The van der Waals surface area contributed by atoms with E-state index < -0.39 is 0 Å². The maximum absolute atomic E-state index is 13.3. The van der Waals surface area contributed by atoms with Crippen molar-refractivity contribution in [1.29, 1.82) is 0 Å². The third-order valence-corrected chi connectivity index (χ3v) is 7.39. The molecule has 4 rings (SSSR count). The van der Waals surface area contributed by atoms with Gasteiger partial charge in [0.1, 0.15) is 17.0 Å². The molecular formula is C24H28Cl3N3O4S. The van der Waals surface area contributed by atoms with Crippen LogP contribution in [-0.2, 0) is 9.53 Å². The van der Waals surface area contributed by atoms with E-state index in [0.29, 0.717) is 33.2 Å². The molecule has 1 amide bonds. The molecule has 2 heterocycles. The van der Waals surface area contributed by atoms with Crippen LogP contribution in [0.4, 0.5) is 5.13 Å². The van der Waals surface area contributed by atoms with E-state index in [9.17, 15) is 4.79 Å². The third-order valence-electron chi connectivity index (χ3n) is 5.65. The lowest BCUT2D eigenvalue weighted by atomic mass is 10.2. The topological polar surface area (TPSA) is 64.1 Å². The van der Waals surface area contributed by atoms with E-state index >= 15 is 0 Å². The van der Waals surface area contributed by atoms with Crippen molar-refractivity contribution >= 4 is 68.2 Å². The van der Waals surface area contributed by atoms with Crippen molar-refractivity contribution in [2.75, 3.05) is 58.0 Å². The molecule has 0 unspecified atom stereocenters. The van der Waals surface area contributed by atoms with E-state index in [2.05, 4.69) is 4.90 Å². The quantitative estimate of drug-likeness (QED) is 0.346. The molecule has 190 valence electrons. The number of fused-ring (bicyclic) bond motifs is 1. The molecule has 0 atom stereocenters. The first kappa shape index (κ1) is 27.8. The fraction of sp³-hybridized carbons (Fsp3) is 0.417. The van der Waals surface area contributed by atoms with Crippen LogP contribution in [-0.4, -0.2) is 68.9 Å². The number of anilines is 1. The van der Waals surface area contributed by atoms with Crippen molar-refractivity contribution in [3.63, 3.8) is 0 Å². The maximum atomic E-state index is 13.3. The van der Waals surface area contributed by atoms with Crippen molar-refractivity contribution < 1.29 is 19.0 Å². The molecule has 35 heavy (non-hydrogen) atoms. The number of halogens is 3. The monoisotopic (exact) mass is 559 g/mol. The Morgan fingerprint density at radius 3 is 2.66 bits per heavy atom. The smallest absolute Gasteiger partial charge is 0.266 e. The number of amides is 1. The summed E-state index contributed by atoms with van der Waals surface area (Å²) >= 11 is 13.7. The molecule has 1 saturated heterocycles. The number of carbonyl (C=O) groups excluding carboxylic acids is 1.